The molecule has 0 spiro atoms. The molecule has 6 nitrogen and oxygen atoms in total. The molecule has 0 radical (unpaired) electrons. The summed E-state index contributed by atoms with van der Waals surface area (Å²) in [7, 11) is 3.16. The van der Waals surface area contributed by atoms with Crippen molar-refractivity contribution < 1.29 is 19.4 Å². The minimum atomic E-state index is -0.924. The Bertz CT molecular complexity index is 575. The molecule has 6 heteroatoms. The first kappa shape index (κ1) is 17.4. The van der Waals surface area contributed by atoms with Gasteiger partial charge >= 0.3 is 11.9 Å². The van der Waals surface area contributed by atoms with Crippen LogP contribution in [0.1, 0.15) is 38.3 Å². The van der Waals surface area contributed by atoms with E-state index in [0.29, 0.717) is 6.42 Å². The van der Waals surface area contributed by atoms with Gasteiger partial charge in [-0.1, -0.05) is 19.9 Å². The number of likely N-dealkylation sites (tertiary alicyclic amines) is 1. The van der Waals surface area contributed by atoms with Crippen molar-refractivity contribution in [1.29, 1.82) is 0 Å². The number of methoxy groups -OCH3 is 1. The van der Waals surface area contributed by atoms with Gasteiger partial charge in [-0.05, 0) is 37.4 Å². The fraction of sp³-hybridized carbons (Fsp3) is 0.588. The lowest BCUT2D eigenvalue weighted by Gasteiger charge is -2.37. The molecule has 0 saturated carbocycles. The smallest absolute Gasteiger partial charge is 0.326 e. The van der Waals surface area contributed by atoms with Crippen molar-refractivity contribution in [2.45, 2.75) is 38.3 Å². The number of likely N-dealkylation sites (N-methyl/N-ethyl adjacent to an activating group) is 1. The molecule has 1 N–H and O–H groups in total. The Morgan fingerprint density at radius 2 is 2.22 bits per heavy atom. The molecule has 1 fully saturated rings. The van der Waals surface area contributed by atoms with Crippen LogP contribution in [0.2, 0.25) is 0 Å². The first-order chi connectivity index (χ1) is 10.8. The Balaban J connectivity index is 2.51. The molecule has 2 rings (SSSR count). The summed E-state index contributed by atoms with van der Waals surface area (Å²) in [5.74, 6) is -1.72. The zero-order valence-corrected chi connectivity index (χ0v) is 14.0. The maximum atomic E-state index is 12.6. The van der Waals surface area contributed by atoms with E-state index in [4.69, 9.17) is 4.74 Å². The van der Waals surface area contributed by atoms with Crippen molar-refractivity contribution in [2.75, 3.05) is 14.2 Å². The van der Waals surface area contributed by atoms with E-state index in [1.165, 1.54) is 7.11 Å². The minimum absolute atomic E-state index is 0.235. The quantitative estimate of drug-likeness (QED) is 0.837. The average molecular weight is 320 g/mol. The number of ether oxygens (including phenoxy) is 1. The molecule has 0 bridgehead atoms. The number of esters is 1. The van der Waals surface area contributed by atoms with Crippen LogP contribution in [0.25, 0.3) is 0 Å². The van der Waals surface area contributed by atoms with Crippen LogP contribution in [0.4, 0.5) is 0 Å². The number of aliphatic carboxylic acids is 1. The molecule has 126 valence electrons. The van der Waals surface area contributed by atoms with E-state index in [1.807, 2.05) is 24.8 Å². The first-order valence-corrected chi connectivity index (χ1v) is 7.77. The molecule has 23 heavy (non-hydrogen) atoms. The van der Waals surface area contributed by atoms with Crippen molar-refractivity contribution in [3.63, 3.8) is 0 Å². The number of carbonyl (C=O) groups is 2. The van der Waals surface area contributed by atoms with Crippen LogP contribution in [0.15, 0.2) is 24.5 Å². The zero-order chi connectivity index (χ0) is 17.2. The lowest BCUT2D eigenvalue weighted by atomic mass is 9.83. The SMILES string of the molecule is COC(=O)[C@]1(CC(C)C)C[C@H](C(=O)O)[C@H](c2cccnc2)N1C. The van der Waals surface area contributed by atoms with Crippen molar-refractivity contribution in [1.82, 2.24) is 9.88 Å². The van der Waals surface area contributed by atoms with Gasteiger partial charge in [0, 0.05) is 12.4 Å². The van der Waals surface area contributed by atoms with Gasteiger partial charge in [0.2, 0.25) is 0 Å². The van der Waals surface area contributed by atoms with Crippen LogP contribution in [0.5, 0.6) is 0 Å². The van der Waals surface area contributed by atoms with E-state index in [2.05, 4.69) is 4.98 Å². The maximum Gasteiger partial charge on any atom is 0.326 e. The van der Waals surface area contributed by atoms with Crippen LogP contribution < -0.4 is 0 Å². The van der Waals surface area contributed by atoms with E-state index < -0.39 is 23.5 Å². The summed E-state index contributed by atoms with van der Waals surface area (Å²) in [6.45, 7) is 4.04. The molecule has 0 unspecified atom stereocenters. The monoisotopic (exact) mass is 320 g/mol. The maximum absolute atomic E-state index is 12.6. The molecule has 1 saturated heterocycles. The summed E-state index contributed by atoms with van der Waals surface area (Å²) < 4.78 is 5.03. The fourth-order valence-electron chi connectivity index (χ4n) is 3.79. The minimum Gasteiger partial charge on any atom is -0.481 e. The van der Waals surface area contributed by atoms with E-state index >= 15 is 0 Å². The van der Waals surface area contributed by atoms with Gasteiger partial charge in [-0.15, -0.1) is 0 Å². The second-order valence-corrected chi connectivity index (χ2v) is 6.61. The summed E-state index contributed by atoms with van der Waals surface area (Å²) in [4.78, 5) is 30.3. The van der Waals surface area contributed by atoms with E-state index in [9.17, 15) is 14.7 Å². The third-order valence-corrected chi connectivity index (χ3v) is 4.69. The predicted octanol–water partition coefficient (Wildman–Crippen LogP) is 2.12. The lowest BCUT2D eigenvalue weighted by Crippen LogP contribution is -2.50. The predicted molar refractivity (Wildman–Crippen MR) is 84.7 cm³/mol. The molecule has 0 aromatic carbocycles. The molecule has 1 aromatic rings. The summed E-state index contributed by atoms with van der Waals surface area (Å²) in [5.41, 5.74) is -0.121. The van der Waals surface area contributed by atoms with Gasteiger partial charge in [0.15, 0.2) is 0 Å². The number of carbonyl (C=O) groups excluding carboxylic acids is 1. The molecule has 0 aliphatic carbocycles. The summed E-state index contributed by atoms with van der Waals surface area (Å²) in [6.07, 6.45) is 4.11. The van der Waals surface area contributed by atoms with Crippen LogP contribution in [0, 0.1) is 11.8 Å². The summed E-state index contributed by atoms with van der Waals surface area (Å²) in [6, 6.07) is 3.23. The molecule has 1 aromatic heterocycles. The molecular formula is C17H24N2O4. The number of carboxylic acids is 1. The van der Waals surface area contributed by atoms with Gasteiger partial charge < -0.3 is 9.84 Å². The number of aromatic nitrogens is 1. The number of hydrogen-bond donors (Lipinski definition) is 1. The summed E-state index contributed by atoms with van der Waals surface area (Å²) >= 11 is 0. The summed E-state index contributed by atoms with van der Waals surface area (Å²) in [5, 5.41) is 9.68. The van der Waals surface area contributed by atoms with Gasteiger partial charge in [-0.2, -0.15) is 0 Å². The standard InChI is InChI=1S/C17H24N2O4/c1-11(2)8-17(16(22)23-4)9-13(15(20)21)14(19(17)3)12-6-5-7-18-10-12/h5-7,10-11,13-14H,8-9H2,1-4H3,(H,20,21)/t13-,14-,17-/m0/s1. The third kappa shape index (κ3) is 3.08. The second-order valence-electron chi connectivity index (χ2n) is 6.61. The molecular weight excluding hydrogens is 296 g/mol. The fourth-order valence-corrected chi connectivity index (χ4v) is 3.79. The van der Waals surface area contributed by atoms with Gasteiger partial charge in [0.25, 0.3) is 0 Å². The van der Waals surface area contributed by atoms with Crippen LogP contribution >= 0.6 is 0 Å². The van der Waals surface area contributed by atoms with Crippen molar-refractivity contribution in [3.05, 3.63) is 30.1 Å². The highest BCUT2D eigenvalue weighted by molar-refractivity contribution is 5.84. The number of rotatable bonds is 5. The molecule has 0 amide bonds. The Morgan fingerprint density at radius 3 is 2.70 bits per heavy atom. The molecule has 3 atom stereocenters. The molecule has 1 aliphatic rings. The Labute approximate surface area is 136 Å². The van der Waals surface area contributed by atoms with Gasteiger partial charge in [-0.3, -0.25) is 19.5 Å². The topological polar surface area (TPSA) is 79.7 Å². The van der Waals surface area contributed by atoms with E-state index in [-0.39, 0.29) is 18.3 Å². The van der Waals surface area contributed by atoms with Crippen molar-refractivity contribution in [2.24, 2.45) is 11.8 Å². The highest BCUT2D eigenvalue weighted by atomic mass is 16.5. The van der Waals surface area contributed by atoms with Crippen LogP contribution in [-0.2, 0) is 14.3 Å². The highest BCUT2D eigenvalue weighted by Crippen LogP contribution is 2.48. The van der Waals surface area contributed by atoms with Crippen LogP contribution in [-0.4, -0.2) is 46.6 Å². The largest absolute Gasteiger partial charge is 0.481 e. The third-order valence-electron chi connectivity index (χ3n) is 4.69. The van der Waals surface area contributed by atoms with E-state index in [1.54, 1.807) is 25.5 Å². The Kier molecular flexibility index (Phi) is 5.04. The Morgan fingerprint density at radius 1 is 1.52 bits per heavy atom. The van der Waals surface area contributed by atoms with Crippen LogP contribution in [0.3, 0.4) is 0 Å². The highest BCUT2D eigenvalue weighted by Gasteiger charge is 2.57. The van der Waals surface area contributed by atoms with Gasteiger partial charge in [0.1, 0.15) is 5.54 Å². The number of nitrogens with zero attached hydrogens (tertiary/aromatic N) is 2. The molecule has 1 aliphatic heterocycles. The normalized spacial score (nSPS) is 28.0. The number of pyridine rings is 1. The first-order valence-electron chi connectivity index (χ1n) is 7.77. The lowest BCUT2D eigenvalue weighted by molar-refractivity contribution is -0.154. The van der Waals surface area contributed by atoms with Gasteiger partial charge in [0.05, 0.1) is 19.1 Å². The van der Waals surface area contributed by atoms with Crippen molar-refractivity contribution in [3.8, 4) is 0 Å². The average Bonchev–Trinajstić information content (AvgIpc) is 2.81. The van der Waals surface area contributed by atoms with Gasteiger partial charge in [-0.25, -0.2) is 0 Å². The second kappa shape index (κ2) is 6.66. The zero-order valence-electron chi connectivity index (χ0n) is 14.0. The van der Waals surface area contributed by atoms with E-state index in [0.717, 1.165) is 5.56 Å². The molecule has 2 heterocycles. The number of carboxylic acid groups (broad SMARTS) is 1. The number of hydrogen-bond acceptors (Lipinski definition) is 5. The Hall–Kier alpha value is -1.95. The van der Waals surface area contributed by atoms with Crippen molar-refractivity contribution >= 4 is 11.9 Å².